The van der Waals surface area contributed by atoms with Crippen LogP contribution in [0, 0.1) is 6.92 Å². The van der Waals surface area contributed by atoms with E-state index >= 15 is 0 Å². The van der Waals surface area contributed by atoms with Crippen molar-refractivity contribution in [1.82, 2.24) is 4.98 Å². The molecule has 12 heavy (non-hydrogen) atoms. The molecule has 0 spiro atoms. The van der Waals surface area contributed by atoms with E-state index in [0.29, 0.717) is 5.92 Å². The molecule has 0 aliphatic heterocycles. The number of rotatable bonds is 1. The first kappa shape index (κ1) is 11.0. The van der Waals surface area contributed by atoms with Gasteiger partial charge in [0.1, 0.15) is 0 Å². The van der Waals surface area contributed by atoms with Gasteiger partial charge in [0.15, 0.2) is 0 Å². The maximum Gasteiger partial charge on any atom is 0.0660 e. The average molecular weight is 166 g/mol. The summed E-state index contributed by atoms with van der Waals surface area (Å²) < 4.78 is 0. The van der Waals surface area contributed by atoms with Crippen LogP contribution in [0.4, 0.5) is 5.69 Å². The average Bonchev–Trinajstić information content (AvgIpc) is 1.94. The number of nitrogens with two attached hydrogens (primary N) is 1. The van der Waals surface area contributed by atoms with Crippen LogP contribution in [0.2, 0.25) is 0 Å². The van der Waals surface area contributed by atoms with Gasteiger partial charge in [-0.1, -0.05) is 21.3 Å². The second-order valence-electron chi connectivity index (χ2n) is 3.08. The Balaban J connectivity index is 0.00000121. The molecule has 0 saturated carbocycles. The van der Waals surface area contributed by atoms with Crippen LogP contribution in [-0.2, 0) is 0 Å². The van der Waals surface area contributed by atoms with Crippen LogP contribution in [-0.4, -0.2) is 4.98 Å². The number of pyridine rings is 1. The number of aromatic nitrogens is 1. The Morgan fingerprint density at radius 1 is 1.42 bits per heavy atom. The van der Waals surface area contributed by atoms with E-state index < -0.39 is 0 Å². The van der Waals surface area contributed by atoms with Crippen LogP contribution in [0.3, 0.4) is 0 Å². The first-order chi connectivity index (χ1) is 5.13. The maximum atomic E-state index is 5.82. The van der Waals surface area contributed by atoms with Gasteiger partial charge in [0, 0.05) is 6.20 Å². The maximum absolute atomic E-state index is 5.82. The molecule has 0 aromatic carbocycles. The van der Waals surface area contributed by atoms with Crippen molar-refractivity contribution in [2.75, 3.05) is 5.73 Å². The fourth-order valence-corrected chi connectivity index (χ4v) is 1.05. The molecule has 0 aliphatic carbocycles. The smallest absolute Gasteiger partial charge is 0.0660 e. The Kier molecular flexibility index (Phi) is 3.74. The van der Waals surface area contributed by atoms with Crippen molar-refractivity contribution in [1.29, 1.82) is 0 Å². The highest BCUT2D eigenvalue weighted by Crippen LogP contribution is 2.21. The minimum Gasteiger partial charge on any atom is -0.397 e. The number of anilines is 1. The van der Waals surface area contributed by atoms with E-state index in [0.717, 1.165) is 16.9 Å². The summed E-state index contributed by atoms with van der Waals surface area (Å²) in [5.74, 6) is 0.412. The highest BCUT2D eigenvalue weighted by Gasteiger charge is 2.05. The predicted molar refractivity (Wildman–Crippen MR) is 54.2 cm³/mol. The fourth-order valence-electron chi connectivity index (χ4n) is 1.05. The topological polar surface area (TPSA) is 38.9 Å². The Labute approximate surface area is 74.8 Å². The molecule has 2 nitrogen and oxygen atoms in total. The molecule has 0 bridgehead atoms. The summed E-state index contributed by atoms with van der Waals surface area (Å²) in [4.78, 5) is 4.21. The van der Waals surface area contributed by atoms with E-state index in [1.54, 1.807) is 6.20 Å². The lowest BCUT2D eigenvalue weighted by atomic mass is 10.1. The molecule has 2 N–H and O–H groups in total. The summed E-state index contributed by atoms with van der Waals surface area (Å²) in [5.41, 5.74) is 8.78. The minimum atomic E-state index is 0. The lowest BCUT2D eigenvalue weighted by Gasteiger charge is -2.09. The standard InChI is InChI=1S/C9H14N2.CH4/c1-6(2)9-8(10)7(3)4-5-11-9;/h4-6H,10H2,1-3H3;1H4. The number of nitrogens with zero attached hydrogens (tertiary/aromatic N) is 1. The van der Waals surface area contributed by atoms with Gasteiger partial charge in [-0.05, 0) is 24.5 Å². The van der Waals surface area contributed by atoms with Crippen molar-refractivity contribution >= 4 is 5.69 Å². The normalized spacial score (nSPS) is 9.67. The van der Waals surface area contributed by atoms with Crippen LogP contribution in [0.25, 0.3) is 0 Å². The predicted octanol–water partition coefficient (Wildman–Crippen LogP) is 2.73. The molecule has 1 rings (SSSR count). The number of nitrogen functional groups attached to an aromatic ring is 1. The van der Waals surface area contributed by atoms with Gasteiger partial charge in [0.2, 0.25) is 0 Å². The van der Waals surface area contributed by atoms with Gasteiger partial charge < -0.3 is 5.73 Å². The highest BCUT2D eigenvalue weighted by atomic mass is 14.7. The van der Waals surface area contributed by atoms with Gasteiger partial charge in [-0.15, -0.1) is 0 Å². The summed E-state index contributed by atoms with van der Waals surface area (Å²) in [6.07, 6.45) is 1.81. The van der Waals surface area contributed by atoms with Crippen LogP contribution in [0.5, 0.6) is 0 Å². The molecule has 68 valence electrons. The first-order valence-electron chi connectivity index (χ1n) is 3.84. The van der Waals surface area contributed by atoms with Crippen molar-refractivity contribution in [3.63, 3.8) is 0 Å². The quantitative estimate of drug-likeness (QED) is 0.696. The molecule has 0 amide bonds. The molecule has 1 aromatic rings. The molecule has 2 heteroatoms. The van der Waals surface area contributed by atoms with Crippen LogP contribution in [0.15, 0.2) is 12.3 Å². The summed E-state index contributed by atoms with van der Waals surface area (Å²) in [6, 6.07) is 1.93. The zero-order chi connectivity index (χ0) is 8.43. The molecule has 0 fully saturated rings. The van der Waals surface area contributed by atoms with Crippen molar-refractivity contribution in [2.45, 2.75) is 34.1 Å². The van der Waals surface area contributed by atoms with E-state index in [4.69, 9.17) is 5.73 Å². The Morgan fingerprint density at radius 2 is 2.00 bits per heavy atom. The van der Waals surface area contributed by atoms with Gasteiger partial charge in [0.05, 0.1) is 11.4 Å². The minimum absolute atomic E-state index is 0. The largest absolute Gasteiger partial charge is 0.397 e. The van der Waals surface area contributed by atoms with E-state index in [1.807, 2.05) is 13.0 Å². The van der Waals surface area contributed by atoms with E-state index in [2.05, 4.69) is 18.8 Å². The van der Waals surface area contributed by atoms with Gasteiger partial charge in [0.25, 0.3) is 0 Å². The molecule has 0 atom stereocenters. The Hall–Kier alpha value is -1.05. The third kappa shape index (κ3) is 1.97. The number of aryl methyl sites for hydroxylation is 1. The molecule has 0 saturated heterocycles. The van der Waals surface area contributed by atoms with Gasteiger partial charge in [-0.2, -0.15) is 0 Å². The second-order valence-corrected chi connectivity index (χ2v) is 3.08. The zero-order valence-corrected chi connectivity index (χ0v) is 7.26. The van der Waals surface area contributed by atoms with E-state index in [1.165, 1.54) is 0 Å². The van der Waals surface area contributed by atoms with Crippen LogP contribution < -0.4 is 5.73 Å². The van der Waals surface area contributed by atoms with Gasteiger partial charge in [-0.3, -0.25) is 4.98 Å². The van der Waals surface area contributed by atoms with E-state index in [9.17, 15) is 0 Å². The molecule has 1 heterocycles. The molecule has 0 radical (unpaired) electrons. The van der Waals surface area contributed by atoms with Crippen molar-refractivity contribution in [3.05, 3.63) is 23.5 Å². The molecule has 0 aliphatic rings. The second kappa shape index (κ2) is 4.10. The Morgan fingerprint density at radius 3 is 2.42 bits per heavy atom. The van der Waals surface area contributed by atoms with Crippen molar-refractivity contribution < 1.29 is 0 Å². The lowest BCUT2D eigenvalue weighted by molar-refractivity contribution is 0.825. The number of hydrogen-bond acceptors (Lipinski definition) is 2. The van der Waals surface area contributed by atoms with Crippen molar-refractivity contribution in [2.24, 2.45) is 0 Å². The molecular formula is C10H18N2. The third-order valence-corrected chi connectivity index (χ3v) is 1.79. The lowest BCUT2D eigenvalue weighted by Crippen LogP contribution is -2.01. The summed E-state index contributed by atoms with van der Waals surface area (Å²) in [5, 5.41) is 0. The summed E-state index contributed by atoms with van der Waals surface area (Å²) in [6.45, 7) is 6.19. The fraction of sp³-hybridized carbons (Fsp3) is 0.500. The SMILES string of the molecule is C.Cc1ccnc(C(C)C)c1N. The summed E-state index contributed by atoms with van der Waals surface area (Å²) >= 11 is 0. The first-order valence-corrected chi connectivity index (χ1v) is 3.84. The molecular weight excluding hydrogens is 148 g/mol. The van der Waals surface area contributed by atoms with Crippen LogP contribution in [0.1, 0.15) is 38.4 Å². The highest BCUT2D eigenvalue weighted by molar-refractivity contribution is 5.50. The Bertz CT molecular complexity index is 254. The molecule has 0 unspecified atom stereocenters. The van der Waals surface area contributed by atoms with E-state index in [-0.39, 0.29) is 7.43 Å². The van der Waals surface area contributed by atoms with Gasteiger partial charge >= 0.3 is 0 Å². The van der Waals surface area contributed by atoms with Crippen molar-refractivity contribution in [3.8, 4) is 0 Å². The number of hydrogen-bond donors (Lipinski definition) is 1. The van der Waals surface area contributed by atoms with Crippen LogP contribution >= 0.6 is 0 Å². The monoisotopic (exact) mass is 166 g/mol. The summed E-state index contributed by atoms with van der Waals surface area (Å²) in [7, 11) is 0. The molecule has 1 aromatic heterocycles. The zero-order valence-electron chi connectivity index (χ0n) is 7.26. The third-order valence-electron chi connectivity index (χ3n) is 1.79. The van der Waals surface area contributed by atoms with Gasteiger partial charge in [-0.25, -0.2) is 0 Å².